The van der Waals surface area contributed by atoms with Crippen molar-refractivity contribution in [3.63, 3.8) is 0 Å². The molecule has 32 heavy (non-hydrogen) atoms. The molecule has 1 unspecified atom stereocenters. The van der Waals surface area contributed by atoms with E-state index in [0.29, 0.717) is 32.4 Å². The maximum Gasteiger partial charge on any atom is 0.226 e. The monoisotopic (exact) mass is 448 g/mol. The smallest absolute Gasteiger partial charge is 0.226 e. The van der Waals surface area contributed by atoms with E-state index in [-0.39, 0.29) is 23.8 Å². The minimum absolute atomic E-state index is 0.0623. The van der Waals surface area contributed by atoms with Gasteiger partial charge in [-0.3, -0.25) is 9.59 Å². The van der Waals surface area contributed by atoms with Crippen molar-refractivity contribution in [2.24, 2.45) is 5.92 Å². The topological polar surface area (TPSA) is 58.6 Å². The summed E-state index contributed by atoms with van der Waals surface area (Å²) < 4.78 is 5.17. The average Bonchev–Trinajstić information content (AvgIpc) is 3.38. The zero-order chi connectivity index (χ0) is 22.3. The molecule has 1 N–H and O–H groups in total. The van der Waals surface area contributed by atoms with E-state index >= 15 is 0 Å². The number of methoxy groups -OCH3 is 1. The van der Waals surface area contributed by atoms with E-state index in [4.69, 9.17) is 4.74 Å². The van der Waals surface area contributed by atoms with Crippen molar-refractivity contribution in [3.05, 3.63) is 88.1 Å². The number of ether oxygens (including phenoxy) is 1. The van der Waals surface area contributed by atoms with E-state index in [1.165, 1.54) is 0 Å². The van der Waals surface area contributed by atoms with Gasteiger partial charge in [0.15, 0.2) is 0 Å². The standard InChI is InChI=1S/C26H28N2O3S/c1-31-23-9-7-19(8-10-23)17-24(29)28-14-11-21(12-15-28)26(30)27-25(22-13-16-32-18-22)20-5-3-2-4-6-20/h2-10,13,16,18,21,25H,11-12,14-15,17H2,1H3,(H,27,30). The van der Waals surface area contributed by atoms with Crippen LogP contribution in [0.3, 0.4) is 0 Å². The Bertz CT molecular complexity index is 1010. The number of hydrogen-bond acceptors (Lipinski definition) is 4. The Morgan fingerprint density at radius 2 is 1.75 bits per heavy atom. The normalized spacial score (nSPS) is 15.2. The van der Waals surface area contributed by atoms with Gasteiger partial charge in [0.25, 0.3) is 0 Å². The average molecular weight is 449 g/mol. The zero-order valence-electron chi connectivity index (χ0n) is 18.2. The lowest BCUT2D eigenvalue weighted by Gasteiger charge is -2.32. The SMILES string of the molecule is COc1ccc(CC(=O)N2CCC(C(=O)NC(c3ccccc3)c3ccsc3)CC2)cc1. The molecule has 5 nitrogen and oxygen atoms in total. The van der Waals surface area contributed by atoms with Gasteiger partial charge < -0.3 is 15.0 Å². The summed E-state index contributed by atoms with van der Waals surface area (Å²) in [6, 6.07) is 19.6. The van der Waals surface area contributed by atoms with Crippen LogP contribution in [0.2, 0.25) is 0 Å². The highest BCUT2D eigenvalue weighted by atomic mass is 32.1. The molecule has 1 aromatic heterocycles. The van der Waals surface area contributed by atoms with Crippen LogP contribution in [0.25, 0.3) is 0 Å². The Balaban J connectivity index is 1.33. The van der Waals surface area contributed by atoms with Gasteiger partial charge in [-0.1, -0.05) is 42.5 Å². The van der Waals surface area contributed by atoms with Crippen LogP contribution in [-0.2, 0) is 16.0 Å². The summed E-state index contributed by atoms with van der Waals surface area (Å²) in [5, 5.41) is 7.37. The van der Waals surface area contributed by atoms with Crippen molar-refractivity contribution in [1.29, 1.82) is 0 Å². The molecule has 0 bridgehead atoms. The molecule has 2 heterocycles. The highest BCUT2D eigenvalue weighted by molar-refractivity contribution is 7.08. The van der Waals surface area contributed by atoms with Crippen LogP contribution >= 0.6 is 11.3 Å². The van der Waals surface area contributed by atoms with Crippen LogP contribution in [-0.4, -0.2) is 36.9 Å². The van der Waals surface area contributed by atoms with Gasteiger partial charge in [0.2, 0.25) is 11.8 Å². The molecule has 1 aliphatic heterocycles. The second-order valence-corrected chi connectivity index (χ2v) is 8.87. The zero-order valence-corrected chi connectivity index (χ0v) is 19.0. The fourth-order valence-corrected chi connectivity index (χ4v) is 4.81. The Kier molecular flexibility index (Phi) is 7.22. The number of nitrogens with zero attached hydrogens (tertiary/aromatic N) is 1. The third kappa shape index (κ3) is 5.37. The van der Waals surface area contributed by atoms with E-state index in [0.717, 1.165) is 22.4 Å². The van der Waals surface area contributed by atoms with Crippen LogP contribution in [0.5, 0.6) is 5.75 Å². The third-order valence-corrected chi connectivity index (χ3v) is 6.73. The van der Waals surface area contributed by atoms with Crippen LogP contribution < -0.4 is 10.1 Å². The number of carbonyl (C=O) groups excluding carboxylic acids is 2. The molecule has 6 heteroatoms. The second-order valence-electron chi connectivity index (χ2n) is 8.09. The molecule has 0 saturated carbocycles. The van der Waals surface area contributed by atoms with Gasteiger partial charge in [-0.15, -0.1) is 0 Å². The fourth-order valence-electron chi connectivity index (χ4n) is 4.12. The van der Waals surface area contributed by atoms with Crippen LogP contribution in [0.4, 0.5) is 0 Å². The maximum absolute atomic E-state index is 13.1. The minimum atomic E-state index is -0.148. The Morgan fingerprint density at radius 3 is 2.38 bits per heavy atom. The molecule has 166 valence electrons. The van der Waals surface area contributed by atoms with E-state index in [1.54, 1.807) is 18.4 Å². The number of hydrogen-bond donors (Lipinski definition) is 1. The lowest BCUT2D eigenvalue weighted by atomic mass is 9.93. The first-order chi connectivity index (χ1) is 15.6. The molecular formula is C26H28N2O3S. The Labute approximate surface area is 193 Å². The third-order valence-electron chi connectivity index (χ3n) is 6.03. The van der Waals surface area contributed by atoms with Crippen molar-refractivity contribution in [3.8, 4) is 5.75 Å². The number of rotatable bonds is 7. The Hall–Kier alpha value is -3.12. The van der Waals surface area contributed by atoms with Crippen molar-refractivity contribution < 1.29 is 14.3 Å². The summed E-state index contributed by atoms with van der Waals surface area (Å²) in [4.78, 5) is 27.7. The number of nitrogens with one attached hydrogen (secondary N) is 1. The predicted molar refractivity (Wildman–Crippen MR) is 127 cm³/mol. The van der Waals surface area contributed by atoms with E-state index in [9.17, 15) is 9.59 Å². The minimum Gasteiger partial charge on any atom is -0.497 e. The molecule has 1 aliphatic rings. The largest absolute Gasteiger partial charge is 0.497 e. The summed E-state index contributed by atoms with van der Waals surface area (Å²) in [6.07, 6.45) is 1.74. The summed E-state index contributed by atoms with van der Waals surface area (Å²) in [7, 11) is 1.63. The summed E-state index contributed by atoms with van der Waals surface area (Å²) in [5.41, 5.74) is 3.14. The van der Waals surface area contributed by atoms with E-state index in [2.05, 4.69) is 16.8 Å². The van der Waals surface area contributed by atoms with Crippen LogP contribution in [0.1, 0.15) is 35.6 Å². The van der Waals surface area contributed by atoms with Crippen molar-refractivity contribution >= 4 is 23.2 Å². The Morgan fingerprint density at radius 1 is 1.03 bits per heavy atom. The highest BCUT2D eigenvalue weighted by Gasteiger charge is 2.29. The van der Waals surface area contributed by atoms with Crippen molar-refractivity contribution in [2.45, 2.75) is 25.3 Å². The summed E-state index contributed by atoms with van der Waals surface area (Å²) >= 11 is 1.63. The first-order valence-corrected chi connectivity index (χ1v) is 11.9. The summed E-state index contributed by atoms with van der Waals surface area (Å²) in [5.74, 6) is 0.871. The number of thiophene rings is 1. The number of piperidine rings is 1. The van der Waals surface area contributed by atoms with E-state index < -0.39 is 0 Å². The summed E-state index contributed by atoms with van der Waals surface area (Å²) in [6.45, 7) is 1.23. The van der Waals surface area contributed by atoms with Gasteiger partial charge in [0.05, 0.1) is 19.6 Å². The number of benzene rings is 2. The molecule has 1 saturated heterocycles. The van der Waals surface area contributed by atoms with Crippen molar-refractivity contribution in [2.75, 3.05) is 20.2 Å². The lowest BCUT2D eigenvalue weighted by Crippen LogP contribution is -2.44. The molecule has 0 spiro atoms. The quantitative estimate of drug-likeness (QED) is 0.581. The molecule has 2 amide bonds. The number of amides is 2. The van der Waals surface area contributed by atoms with Crippen LogP contribution in [0, 0.1) is 5.92 Å². The van der Waals surface area contributed by atoms with Gasteiger partial charge in [-0.2, -0.15) is 11.3 Å². The van der Waals surface area contributed by atoms with Gasteiger partial charge in [-0.05, 0) is 58.5 Å². The molecule has 0 aliphatic carbocycles. The van der Waals surface area contributed by atoms with Gasteiger partial charge in [-0.25, -0.2) is 0 Å². The number of carbonyl (C=O) groups is 2. The highest BCUT2D eigenvalue weighted by Crippen LogP contribution is 2.26. The molecule has 0 radical (unpaired) electrons. The lowest BCUT2D eigenvalue weighted by molar-refractivity contribution is -0.135. The predicted octanol–water partition coefficient (Wildman–Crippen LogP) is 4.44. The van der Waals surface area contributed by atoms with Crippen LogP contribution in [0.15, 0.2) is 71.4 Å². The molecule has 1 fully saturated rings. The van der Waals surface area contributed by atoms with Gasteiger partial charge >= 0.3 is 0 Å². The molecule has 2 aromatic carbocycles. The fraction of sp³-hybridized carbons (Fsp3) is 0.308. The maximum atomic E-state index is 13.1. The van der Waals surface area contributed by atoms with Gasteiger partial charge in [0.1, 0.15) is 5.75 Å². The molecule has 4 rings (SSSR count). The molecular weight excluding hydrogens is 420 g/mol. The van der Waals surface area contributed by atoms with E-state index in [1.807, 2.05) is 64.9 Å². The number of likely N-dealkylation sites (tertiary alicyclic amines) is 1. The molecule has 1 atom stereocenters. The first kappa shape index (κ1) is 22.1. The first-order valence-electron chi connectivity index (χ1n) is 10.9. The second kappa shape index (κ2) is 10.5. The van der Waals surface area contributed by atoms with Crippen molar-refractivity contribution in [1.82, 2.24) is 10.2 Å². The molecule has 3 aromatic rings. The van der Waals surface area contributed by atoms with Gasteiger partial charge in [0, 0.05) is 19.0 Å².